The molecule has 0 amide bonds. The number of nitrogens with zero attached hydrogens (tertiary/aromatic N) is 1. The Bertz CT molecular complexity index is 550. The second-order valence-electron chi connectivity index (χ2n) is 3.89. The van der Waals surface area contributed by atoms with E-state index in [9.17, 15) is 10.1 Å². The van der Waals surface area contributed by atoms with E-state index in [0.29, 0.717) is 6.61 Å². The Labute approximate surface area is 111 Å². The largest absolute Gasteiger partial charge is 0.494 e. The first-order valence-electron chi connectivity index (χ1n) is 5.93. The number of nitro groups is 1. The summed E-state index contributed by atoms with van der Waals surface area (Å²) >= 11 is 0. The van der Waals surface area contributed by atoms with E-state index in [1.165, 1.54) is 12.1 Å². The van der Waals surface area contributed by atoms with Crippen LogP contribution in [-0.4, -0.2) is 11.5 Å². The number of benzene rings is 2. The van der Waals surface area contributed by atoms with Crippen LogP contribution in [0.25, 0.3) is 0 Å². The molecule has 5 heteroatoms. The number of rotatable bonds is 5. The topological polar surface area (TPSA) is 64.4 Å². The van der Waals surface area contributed by atoms with E-state index in [1.54, 1.807) is 12.1 Å². The highest BCUT2D eigenvalue weighted by atomic mass is 16.6. The minimum atomic E-state index is -0.416. The molecule has 0 fully saturated rings. The van der Waals surface area contributed by atoms with E-state index in [1.807, 2.05) is 31.2 Å². The summed E-state index contributed by atoms with van der Waals surface area (Å²) in [5.74, 6) is 0.816. The zero-order valence-corrected chi connectivity index (χ0v) is 10.5. The summed E-state index contributed by atoms with van der Waals surface area (Å²) in [6.07, 6.45) is 0. The van der Waals surface area contributed by atoms with Crippen molar-refractivity contribution in [2.24, 2.45) is 0 Å². The van der Waals surface area contributed by atoms with Gasteiger partial charge in [0.1, 0.15) is 5.75 Å². The number of hydrogen-bond donors (Lipinski definition) is 1. The number of anilines is 2. The maximum atomic E-state index is 10.5. The summed E-state index contributed by atoms with van der Waals surface area (Å²) in [6, 6.07) is 13.8. The maximum absolute atomic E-state index is 10.5. The first kappa shape index (κ1) is 12.9. The summed E-state index contributed by atoms with van der Waals surface area (Å²) in [5, 5.41) is 13.7. The predicted molar refractivity (Wildman–Crippen MR) is 74.0 cm³/mol. The maximum Gasteiger partial charge on any atom is 0.269 e. The van der Waals surface area contributed by atoms with Gasteiger partial charge in [0.2, 0.25) is 0 Å². The van der Waals surface area contributed by atoms with Gasteiger partial charge in [0.25, 0.3) is 5.69 Å². The van der Waals surface area contributed by atoms with Crippen LogP contribution in [0.2, 0.25) is 0 Å². The third-order valence-corrected chi connectivity index (χ3v) is 2.53. The van der Waals surface area contributed by atoms with Crippen LogP contribution in [0, 0.1) is 10.1 Å². The highest BCUT2D eigenvalue weighted by molar-refractivity contribution is 5.61. The highest BCUT2D eigenvalue weighted by Gasteiger charge is 2.03. The van der Waals surface area contributed by atoms with Gasteiger partial charge in [-0.25, -0.2) is 0 Å². The second kappa shape index (κ2) is 5.86. The SMILES string of the molecule is CCOc1ccc(Nc2ccc([N+](=O)[O-])cc2)cc1. The van der Waals surface area contributed by atoms with Gasteiger partial charge in [0.05, 0.1) is 11.5 Å². The highest BCUT2D eigenvalue weighted by Crippen LogP contribution is 2.22. The van der Waals surface area contributed by atoms with Gasteiger partial charge in [-0.2, -0.15) is 0 Å². The van der Waals surface area contributed by atoms with E-state index >= 15 is 0 Å². The van der Waals surface area contributed by atoms with Crippen molar-refractivity contribution in [3.05, 3.63) is 58.6 Å². The Morgan fingerprint density at radius 2 is 1.58 bits per heavy atom. The molecule has 2 aromatic carbocycles. The fraction of sp³-hybridized carbons (Fsp3) is 0.143. The molecule has 0 radical (unpaired) electrons. The number of ether oxygens (including phenoxy) is 1. The van der Waals surface area contributed by atoms with Crippen LogP contribution >= 0.6 is 0 Å². The fourth-order valence-corrected chi connectivity index (χ4v) is 1.63. The normalized spacial score (nSPS) is 9.95. The van der Waals surface area contributed by atoms with E-state index in [-0.39, 0.29) is 5.69 Å². The zero-order valence-electron chi connectivity index (χ0n) is 10.5. The number of nitro benzene ring substituents is 1. The van der Waals surface area contributed by atoms with Crippen LogP contribution in [0.15, 0.2) is 48.5 Å². The van der Waals surface area contributed by atoms with Gasteiger partial charge < -0.3 is 10.1 Å². The Morgan fingerprint density at radius 1 is 1.05 bits per heavy atom. The van der Waals surface area contributed by atoms with Crippen LogP contribution < -0.4 is 10.1 Å². The molecular weight excluding hydrogens is 244 g/mol. The molecule has 0 aliphatic carbocycles. The number of nitrogens with one attached hydrogen (secondary N) is 1. The molecule has 0 aromatic heterocycles. The summed E-state index contributed by atoms with van der Waals surface area (Å²) < 4.78 is 5.35. The van der Waals surface area contributed by atoms with Crippen LogP contribution in [0.4, 0.5) is 17.1 Å². The van der Waals surface area contributed by atoms with Crippen molar-refractivity contribution in [1.82, 2.24) is 0 Å². The van der Waals surface area contributed by atoms with Gasteiger partial charge in [-0.3, -0.25) is 10.1 Å². The predicted octanol–water partition coefficient (Wildman–Crippen LogP) is 3.74. The van der Waals surface area contributed by atoms with Crippen LogP contribution in [-0.2, 0) is 0 Å². The summed E-state index contributed by atoms with van der Waals surface area (Å²) in [7, 11) is 0. The van der Waals surface area contributed by atoms with Gasteiger partial charge in [0.15, 0.2) is 0 Å². The third-order valence-electron chi connectivity index (χ3n) is 2.53. The molecule has 0 atom stereocenters. The molecule has 1 N–H and O–H groups in total. The lowest BCUT2D eigenvalue weighted by molar-refractivity contribution is -0.384. The van der Waals surface area contributed by atoms with Crippen molar-refractivity contribution in [1.29, 1.82) is 0 Å². The lowest BCUT2D eigenvalue weighted by Crippen LogP contribution is -1.93. The monoisotopic (exact) mass is 258 g/mol. The van der Waals surface area contributed by atoms with Crippen molar-refractivity contribution in [3.63, 3.8) is 0 Å². The minimum Gasteiger partial charge on any atom is -0.494 e. The van der Waals surface area contributed by atoms with Crippen LogP contribution in [0.5, 0.6) is 5.75 Å². The molecule has 5 nitrogen and oxygen atoms in total. The molecule has 2 rings (SSSR count). The van der Waals surface area contributed by atoms with Gasteiger partial charge in [-0.05, 0) is 43.3 Å². The molecule has 0 bridgehead atoms. The van der Waals surface area contributed by atoms with Gasteiger partial charge in [-0.1, -0.05) is 0 Å². The molecule has 2 aromatic rings. The summed E-state index contributed by atoms with van der Waals surface area (Å²) in [6.45, 7) is 2.57. The smallest absolute Gasteiger partial charge is 0.269 e. The van der Waals surface area contributed by atoms with Crippen LogP contribution in [0.3, 0.4) is 0 Å². The van der Waals surface area contributed by atoms with Crippen molar-refractivity contribution in [3.8, 4) is 5.75 Å². The zero-order chi connectivity index (χ0) is 13.7. The van der Waals surface area contributed by atoms with E-state index in [0.717, 1.165) is 17.1 Å². The molecule has 0 saturated heterocycles. The average molecular weight is 258 g/mol. The molecular formula is C14H14N2O3. The fourth-order valence-electron chi connectivity index (χ4n) is 1.63. The first-order valence-corrected chi connectivity index (χ1v) is 5.93. The van der Waals surface area contributed by atoms with E-state index in [2.05, 4.69) is 5.32 Å². The quantitative estimate of drug-likeness (QED) is 0.655. The Kier molecular flexibility index (Phi) is 3.97. The molecule has 0 spiro atoms. The van der Waals surface area contributed by atoms with Crippen molar-refractivity contribution in [2.75, 3.05) is 11.9 Å². The molecule has 0 saturated carbocycles. The Morgan fingerprint density at radius 3 is 2.05 bits per heavy atom. The summed E-state index contributed by atoms with van der Waals surface area (Å²) in [5.41, 5.74) is 1.78. The number of hydrogen-bond acceptors (Lipinski definition) is 4. The standard InChI is InChI=1S/C14H14N2O3/c1-2-19-14-9-5-12(6-10-14)15-11-3-7-13(8-4-11)16(17)18/h3-10,15H,2H2,1H3. The van der Waals surface area contributed by atoms with Crippen LogP contribution in [0.1, 0.15) is 6.92 Å². The lowest BCUT2D eigenvalue weighted by atomic mass is 10.2. The molecule has 0 aliphatic heterocycles. The van der Waals surface area contributed by atoms with Crippen molar-refractivity contribution < 1.29 is 9.66 Å². The minimum absolute atomic E-state index is 0.0808. The van der Waals surface area contributed by atoms with E-state index < -0.39 is 4.92 Å². The van der Waals surface area contributed by atoms with Gasteiger partial charge >= 0.3 is 0 Å². The van der Waals surface area contributed by atoms with Gasteiger partial charge in [0, 0.05) is 23.5 Å². The van der Waals surface area contributed by atoms with Crippen molar-refractivity contribution >= 4 is 17.1 Å². The molecule has 0 aliphatic rings. The average Bonchev–Trinajstić information content (AvgIpc) is 2.42. The molecule has 0 unspecified atom stereocenters. The third kappa shape index (κ3) is 3.45. The van der Waals surface area contributed by atoms with Crippen molar-refractivity contribution in [2.45, 2.75) is 6.92 Å². The second-order valence-corrected chi connectivity index (χ2v) is 3.89. The Hall–Kier alpha value is -2.56. The lowest BCUT2D eigenvalue weighted by Gasteiger charge is -2.07. The van der Waals surface area contributed by atoms with E-state index in [4.69, 9.17) is 4.74 Å². The first-order chi connectivity index (χ1) is 9.19. The summed E-state index contributed by atoms with van der Waals surface area (Å²) in [4.78, 5) is 10.1. The molecule has 19 heavy (non-hydrogen) atoms. The number of non-ortho nitro benzene ring substituents is 1. The molecule has 98 valence electrons. The van der Waals surface area contributed by atoms with Gasteiger partial charge in [-0.15, -0.1) is 0 Å². The molecule has 0 heterocycles. The Balaban J connectivity index is 2.06.